The highest BCUT2D eigenvalue weighted by Crippen LogP contribution is 2.34. The number of nitrogens with zero attached hydrogens (tertiary/aromatic N) is 3. The van der Waals surface area contributed by atoms with Gasteiger partial charge in [0.1, 0.15) is 0 Å². The molecule has 3 aromatic rings. The summed E-state index contributed by atoms with van der Waals surface area (Å²) in [6, 6.07) is 3.29. The molecule has 4 nitrogen and oxygen atoms in total. The van der Waals surface area contributed by atoms with Gasteiger partial charge in [-0.25, -0.2) is 4.68 Å². The Kier molecular flexibility index (Phi) is 4.29. The van der Waals surface area contributed by atoms with Crippen LogP contribution in [0.25, 0.3) is 10.2 Å². The van der Waals surface area contributed by atoms with Crippen molar-refractivity contribution in [2.45, 2.75) is 32.2 Å². The summed E-state index contributed by atoms with van der Waals surface area (Å²) in [7, 11) is 0. The van der Waals surface area contributed by atoms with Gasteiger partial charge in [0.25, 0.3) is 5.56 Å². The molecule has 0 bridgehead atoms. The highest BCUT2D eigenvalue weighted by molar-refractivity contribution is 7.18. The van der Waals surface area contributed by atoms with E-state index in [4.69, 9.17) is 34.8 Å². The number of aromatic nitrogens is 3. The molecule has 0 saturated carbocycles. The average Bonchev–Trinajstić information content (AvgIpc) is 2.96. The number of halogens is 3. The van der Waals surface area contributed by atoms with Crippen molar-refractivity contribution < 1.29 is 0 Å². The van der Waals surface area contributed by atoms with Gasteiger partial charge >= 0.3 is 0 Å². The average molecular weight is 401 g/mol. The van der Waals surface area contributed by atoms with Crippen molar-refractivity contribution in [2.24, 2.45) is 0 Å². The van der Waals surface area contributed by atoms with Gasteiger partial charge < -0.3 is 0 Å². The van der Waals surface area contributed by atoms with Crippen molar-refractivity contribution in [1.82, 2.24) is 15.0 Å². The smallest absolute Gasteiger partial charge is 0.267 e. The van der Waals surface area contributed by atoms with Crippen molar-refractivity contribution >= 4 is 56.4 Å². The van der Waals surface area contributed by atoms with Crippen molar-refractivity contribution in [3.05, 3.63) is 53.6 Å². The standard InChI is InChI=1S/C16H12Cl3N3OS/c17-10-5-6-11(18)14(19)9(10)7-22-16(23)13-8-3-1-2-4-12(8)24-15(13)20-21-22/h5-6H,1-4,7H2. The normalized spacial score (nSPS) is 14.1. The van der Waals surface area contributed by atoms with Crippen LogP contribution >= 0.6 is 46.1 Å². The summed E-state index contributed by atoms with van der Waals surface area (Å²) in [6.45, 7) is 0.143. The Morgan fingerprint density at radius 1 is 1.12 bits per heavy atom. The maximum atomic E-state index is 12.9. The second kappa shape index (κ2) is 6.30. The van der Waals surface area contributed by atoms with Gasteiger partial charge in [-0.1, -0.05) is 40.0 Å². The zero-order chi connectivity index (χ0) is 16.8. The minimum Gasteiger partial charge on any atom is -0.267 e. The van der Waals surface area contributed by atoms with Crippen LogP contribution < -0.4 is 5.56 Å². The second-order valence-electron chi connectivity index (χ2n) is 5.77. The van der Waals surface area contributed by atoms with Gasteiger partial charge in [-0.15, -0.1) is 16.4 Å². The van der Waals surface area contributed by atoms with E-state index in [0.717, 1.165) is 31.2 Å². The Balaban J connectivity index is 1.86. The van der Waals surface area contributed by atoms with Crippen LogP contribution in [0.2, 0.25) is 15.1 Å². The lowest BCUT2D eigenvalue weighted by Crippen LogP contribution is -2.25. The summed E-state index contributed by atoms with van der Waals surface area (Å²) in [5.74, 6) is 0. The second-order valence-corrected chi connectivity index (χ2v) is 8.04. The molecule has 8 heteroatoms. The first-order valence-electron chi connectivity index (χ1n) is 7.56. The molecule has 0 spiro atoms. The number of benzene rings is 1. The van der Waals surface area contributed by atoms with Crippen LogP contribution in [0.5, 0.6) is 0 Å². The van der Waals surface area contributed by atoms with Crippen LogP contribution in [-0.4, -0.2) is 15.0 Å². The Morgan fingerprint density at radius 2 is 1.88 bits per heavy atom. The molecule has 0 atom stereocenters. The Hall–Kier alpha value is -1.14. The largest absolute Gasteiger partial charge is 0.279 e. The first-order chi connectivity index (χ1) is 11.6. The summed E-state index contributed by atoms with van der Waals surface area (Å²) >= 11 is 20.1. The molecule has 1 aliphatic rings. The van der Waals surface area contributed by atoms with Gasteiger partial charge in [-0.05, 0) is 43.4 Å². The van der Waals surface area contributed by atoms with Crippen LogP contribution in [0.1, 0.15) is 28.8 Å². The van der Waals surface area contributed by atoms with Gasteiger partial charge in [0.2, 0.25) is 0 Å². The van der Waals surface area contributed by atoms with E-state index >= 15 is 0 Å². The third-order valence-corrected chi connectivity index (χ3v) is 6.66. The molecule has 0 saturated heterocycles. The molecule has 0 radical (unpaired) electrons. The molecular formula is C16H12Cl3N3OS. The molecule has 0 N–H and O–H groups in total. The Labute approximate surface area is 157 Å². The van der Waals surface area contributed by atoms with Crippen molar-refractivity contribution in [1.29, 1.82) is 0 Å². The van der Waals surface area contributed by atoms with E-state index in [0.29, 0.717) is 30.8 Å². The van der Waals surface area contributed by atoms with E-state index in [2.05, 4.69) is 10.3 Å². The van der Waals surface area contributed by atoms with Gasteiger partial charge in [0, 0.05) is 15.5 Å². The first-order valence-corrected chi connectivity index (χ1v) is 9.51. The molecule has 1 aliphatic carbocycles. The third kappa shape index (κ3) is 2.64. The van der Waals surface area contributed by atoms with Crippen LogP contribution in [0.3, 0.4) is 0 Å². The molecular weight excluding hydrogens is 389 g/mol. The van der Waals surface area contributed by atoms with Crippen LogP contribution in [0, 0.1) is 0 Å². The van der Waals surface area contributed by atoms with Gasteiger partial charge in [-0.2, -0.15) is 0 Å². The van der Waals surface area contributed by atoms with Crippen molar-refractivity contribution in [2.75, 3.05) is 0 Å². The van der Waals surface area contributed by atoms with E-state index in [1.54, 1.807) is 23.5 Å². The van der Waals surface area contributed by atoms with E-state index in [-0.39, 0.29) is 12.1 Å². The van der Waals surface area contributed by atoms with Gasteiger partial charge in [-0.3, -0.25) is 4.79 Å². The molecule has 1 aromatic carbocycles. The third-order valence-electron chi connectivity index (χ3n) is 4.29. The van der Waals surface area contributed by atoms with E-state index in [9.17, 15) is 4.79 Å². The van der Waals surface area contributed by atoms with E-state index < -0.39 is 0 Å². The lowest BCUT2D eigenvalue weighted by atomic mass is 9.97. The fraction of sp³-hybridized carbons (Fsp3) is 0.312. The van der Waals surface area contributed by atoms with Gasteiger partial charge in [0.05, 0.1) is 22.0 Å². The van der Waals surface area contributed by atoms with Gasteiger partial charge in [0.15, 0.2) is 4.83 Å². The maximum Gasteiger partial charge on any atom is 0.279 e. The lowest BCUT2D eigenvalue weighted by Gasteiger charge is -2.11. The highest BCUT2D eigenvalue weighted by Gasteiger charge is 2.21. The SMILES string of the molecule is O=c1c2c3c(sc2nnn1Cc1c(Cl)ccc(Cl)c1Cl)CCCC3. The monoisotopic (exact) mass is 399 g/mol. The molecule has 24 heavy (non-hydrogen) atoms. The van der Waals surface area contributed by atoms with E-state index in [1.807, 2.05) is 0 Å². The first kappa shape index (κ1) is 16.3. The predicted molar refractivity (Wildman–Crippen MR) is 98.9 cm³/mol. The zero-order valence-electron chi connectivity index (χ0n) is 12.5. The molecule has 124 valence electrons. The number of hydrogen-bond donors (Lipinski definition) is 0. The maximum absolute atomic E-state index is 12.9. The summed E-state index contributed by atoms with van der Waals surface area (Å²) < 4.78 is 1.31. The van der Waals surface area contributed by atoms with Crippen LogP contribution in [0.4, 0.5) is 0 Å². The van der Waals surface area contributed by atoms with E-state index in [1.165, 1.54) is 9.56 Å². The number of hydrogen-bond acceptors (Lipinski definition) is 4. The van der Waals surface area contributed by atoms with Crippen molar-refractivity contribution in [3.8, 4) is 0 Å². The fourth-order valence-corrected chi connectivity index (χ4v) is 4.94. The van der Waals surface area contributed by atoms with Crippen LogP contribution in [0.15, 0.2) is 16.9 Å². The zero-order valence-corrected chi connectivity index (χ0v) is 15.6. The number of rotatable bonds is 2. The predicted octanol–water partition coefficient (Wildman–Crippen LogP) is 4.74. The van der Waals surface area contributed by atoms with Crippen molar-refractivity contribution in [3.63, 3.8) is 0 Å². The van der Waals surface area contributed by atoms with Crippen LogP contribution in [-0.2, 0) is 19.4 Å². The summed E-state index contributed by atoms with van der Waals surface area (Å²) in [5, 5.41) is 10.2. The highest BCUT2D eigenvalue weighted by atomic mass is 35.5. The minimum atomic E-state index is -0.147. The summed E-state index contributed by atoms with van der Waals surface area (Å²) in [4.78, 5) is 14.9. The number of thiophene rings is 1. The molecule has 0 amide bonds. The molecule has 2 heterocycles. The number of aryl methyl sites for hydroxylation is 2. The fourth-order valence-electron chi connectivity index (χ4n) is 3.07. The quantitative estimate of drug-likeness (QED) is 0.584. The molecule has 0 aliphatic heterocycles. The summed E-state index contributed by atoms with van der Waals surface area (Å²) in [5.41, 5.74) is 1.57. The summed E-state index contributed by atoms with van der Waals surface area (Å²) in [6.07, 6.45) is 4.21. The number of fused-ring (bicyclic) bond motifs is 3. The minimum absolute atomic E-state index is 0.143. The Morgan fingerprint density at radius 3 is 2.71 bits per heavy atom. The molecule has 0 unspecified atom stereocenters. The Bertz CT molecular complexity index is 1010. The molecule has 4 rings (SSSR count). The lowest BCUT2D eigenvalue weighted by molar-refractivity contribution is 0.601. The molecule has 2 aromatic heterocycles. The topological polar surface area (TPSA) is 47.8 Å². The molecule has 0 fully saturated rings.